The fourth-order valence-corrected chi connectivity index (χ4v) is 4.09. The Morgan fingerprint density at radius 2 is 1.76 bits per heavy atom. The Hall–Kier alpha value is -3.94. The van der Waals surface area contributed by atoms with Crippen molar-refractivity contribution in [3.05, 3.63) is 76.5 Å². The highest BCUT2D eigenvalue weighted by Crippen LogP contribution is 2.30. The number of aryl methyl sites for hydroxylation is 3. The van der Waals surface area contributed by atoms with E-state index in [1.807, 2.05) is 50.2 Å². The molecule has 0 saturated heterocycles. The Balaban J connectivity index is 1.42. The lowest BCUT2D eigenvalue weighted by atomic mass is 10.0. The van der Waals surface area contributed by atoms with E-state index in [1.54, 1.807) is 6.07 Å². The zero-order valence-electron chi connectivity index (χ0n) is 19.0. The molecule has 162 valence electrons. The second-order valence-electron chi connectivity index (χ2n) is 8.45. The van der Waals surface area contributed by atoms with Gasteiger partial charge in [-0.15, -0.1) is 0 Å². The van der Waals surface area contributed by atoms with E-state index < -0.39 is 0 Å². The molecule has 1 aliphatic heterocycles. The number of pyridine rings is 1. The van der Waals surface area contributed by atoms with Crippen LogP contribution in [0, 0.1) is 20.8 Å². The number of amides is 1. The maximum Gasteiger partial charge on any atom is 0.269 e. The molecule has 1 atom stereocenters. The number of nitrogens with zero attached hydrogens (tertiary/aromatic N) is 4. The van der Waals surface area contributed by atoms with Gasteiger partial charge in [-0.3, -0.25) is 14.4 Å². The lowest BCUT2D eigenvalue weighted by Crippen LogP contribution is -2.16. The third-order valence-electron chi connectivity index (χ3n) is 6.11. The first-order valence-corrected chi connectivity index (χ1v) is 10.8. The molecule has 1 amide bonds. The summed E-state index contributed by atoms with van der Waals surface area (Å²) in [5.74, 6) is 0.879. The molecule has 33 heavy (non-hydrogen) atoms. The number of nitrogens with one attached hydrogen (secondary N) is 2. The van der Waals surface area contributed by atoms with Crippen LogP contribution in [0.4, 0.5) is 11.6 Å². The second kappa shape index (κ2) is 7.88. The van der Waals surface area contributed by atoms with Gasteiger partial charge in [-0.1, -0.05) is 18.2 Å². The average molecular weight is 434 g/mol. The molecule has 0 aliphatic carbocycles. The van der Waals surface area contributed by atoms with Crippen molar-refractivity contribution in [2.24, 2.45) is 0 Å². The van der Waals surface area contributed by atoms with Crippen LogP contribution in [0.2, 0.25) is 0 Å². The predicted molar refractivity (Wildman–Crippen MR) is 130 cm³/mol. The van der Waals surface area contributed by atoms with E-state index in [1.165, 1.54) is 10.2 Å². The van der Waals surface area contributed by atoms with Gasteiger partial charge in [0, 0.05) is 28.1 Å². The summed E-state index contributed by atoms with van der Waals surface area (Å²) in [6, 6.07) is 15.7. The minimum Gasteiger partial charge on any atom is -0.345 e. The molecule has 2 aromatic heterocycles. The van der Waals surface area contributed by atoms with Crippen LogP contribution in [0.15, 0.2) is 48.5 Å². The maximum absolute atomic E-state index is 12.0. The van der Waals surface area contributed by atoms with E-state index in [4.69, 9.17) is 13.0 Å². The molecule has 4 aromatic rings. The summed E-state index contributed by atoms with van der Waals surface area (Å²) in [5.41, 5.74) is 8.58. The van der Waals surface area contributed by atoms with Gasteiger partial charge in [0.15, 0.2) is 5.82 Å². The minimum atomic E-state index is -0.0526. The van der Waals surface area contributed by atoms with Crippen molar-refractivity contribution in [3.63, 3.8) is 0 Å². The molecule has 0 fully saturated rings. The highest BCUT2D eigenvalue weighted by atomic mass is 16.2. The molecule has 0 bridgehead atoms. The van der Waals surface area contributed by atoms with Gasteiger partial charge in [0.1, 0.15) is 0 Å². The summed E-state index contributed by atoms with van der Waals surface area (Å²) in [6.07, 6.45) is 0. The van der Waals surface area contributed by atoms with Crippen molar-refractivity contribution >= 4 is 25.5 Å². The Kier molecular flexibility index (Phi) is 5.00. The quantitative estimate of drug-likeness (QED) is 0.465. The van der Waals surface area contributed by atoms with Crippen molar-refractivity contribution in [2.75, 3.05) is 5.32 Å². The van der Waals surface area contributed by atoms with E-state index in [0.29, 0.717) is 17.3 Å². The standard InChI is InChI=1S/C25H23BN6O/c1-13-5-10-22(27-15(13)3)19-8-6-17(11-14(19)2)23-30-25(32(26)31-23)29-18-7-9-20-21(12-18)16(4)28-24(20)33/h5-12,16H,1-4H3,(H,28,33)(H,29,30,31). The third kappa shape index (κ3) is 3.78. The van der Waals surface area contributed by atoms with Gasteiger partial charge in [-0.05, 0) is 74.7 Å². The van der Waals surface area contributed by atoms with Gasteiger partial charge in [0.2, 0.25) is 5.95 Å². The number of aromatic nitrogens is 4. The zero-order valence-corrected chi connectivity index (χ0v) is 19.0. The third-order valence-corrected chi connectivity index (χ3v) is 6.11. The van der Waals surface area contributed by atoms with E-state index in [9.17, 15) is 4.79 Å². The van der Waals surface area contributed by atoms with Gasteiger partial charge in [0.05, 0.1) is 11.7 Å². The summed E-state index contributed by atoms with van der Waals surface area (Å²) in [5, 5.41) is 10.5. The summed E-state index contributed by atoms with van der Waals surface area (Å²) in [7, 11) is 6.08. The number of hydrogen-bond donors (Lipinski definition) is 2. The molecule has 2 N–H and O–H groups in total. The smallest absolute Gasteiger partial charge is 0.269 e. The van der Waals surface area contributed by atoms with Crippen molar-refractivity contribution in [1.29, 1.82) is 0 Å². The number of carbonyl (C=O) groups excluding carboxylic acids is 1. The Morgan fingerprint density at radius 1 is 0.970 bits per heavy atom. The van der Waals surface area contributed by atoms with Gasteiger partial charge in [0.25, 0.3) is 13.9 Å². The monoisotopic (exact) mass is 434 g/mol. The lowest BCUT2D eigenvalue weighted by Gasteiger charge is -2.09. The molecular formula is C25H23BN6O. The summed E-state index contributed by atoms with van der Waals surface area (Å²) in [6.45, 7) is 8.08. The largest absolute Gasteiger partial charge is 0.345 e. The topological polar surface area (TPSA) is 84.7 Å². The summed E-state index contributed by atoms with van der Waals surface area (Å²) in [4.78, 5) is 21.3. The van der Waals surface area contributed by atoms with Gasteiger partial charge in [-0.2, -0.15) is 10.1 Å². The van der Waals surface area contributed by atoms with E-state index in [-0.39, 0.29) is 11.9 Å². The Morgan fingerprint density at radius 3 is 2.52 bits per heavy atom. The van der Waals surface area contributed by atoms with Crippen LogP contribution in [0.3, 0.4) is 0 Å². The normalized spacial score (nSPS) is 14.8. The van der Waals surface area contributed by atoms with Crippen LogP contribution in [0.5, 0.6) is 0 Å². The van der Waals surface area contributed by atoms with E-state index >= 15 is 0 Å². The average Bonchev–Trinajstić information content (AvgIpc) is 3.29. The molecule has 3 heterocycles. The van der Waals surface area contributed by atoms with Gasteiger partial charge >= 0.3 is 0 Å². The molecule has 0 spiro atoms. The molecule has 8 heteroatoms. The van der Waals surface area contributed by atoms with Crippen LogP contribution in [0.25, 0.3) is 22.6 Å². The zero-order chi connectivity index (χ0) is 23.3. The SMILES string of the molecule is [B]n1nc(-c2ccc(-c3ccc(C)c(C)n3)c(C)c2)nc1Nc1ccc2c(c1)C(C)NC2=O. The van der Waals surface area contributed by atoms with Crippen LogP contribution in [-0.4, -0.2) is 33.5 Å². The van der Waals surface area contributed by atoms with Crippen LogP contribution < -0.4 is 10.6 Å². The molecule has 0 saturated carbocycles. The summed E-state index contributed by atoms with van der Waals surface area (Å²) >= 11 is 0. The van der Waals surface area contributed by atoms with Gasteiger partial charge in [-0.25, -0.2) is 0 Å². The maximum atomic E-state index is 12.0. The van der Waals surface area contributed by atoms with E-state index in [0.717, 1.165) is 39.3 Å². The molecular weight excluding hydrogens is 411 g/mol. The number of rotatable bonds is 4. The van der Waals surface area contributed by atoms with Crippen molar-refractivity contribution < 1.29 is 4.79 Å². The van der Waals surface area contributed by atoms with Crippen LogP contribution in [0.1, 0.15) is 45.7 Å². The predicted octanol–water partition coefficient (Wildman–Crippen LogP) is 4.41. The highest BCUT2D eigenvalue weighted by Gasteiger charge is 2.25. The van der Waals surface area contributed by atoms with Crippen molar-refractivity contribution in [3.8, 4) is 22.6 Å². The lowest BCUT2D eigenvalue weighted by molar-refractivity contribution is 0.0958. The number of carbonyl (C=O) groups is 1. The first kappa shape index (κ1) is 20.9. The first-order valence-electron chi connectivity index (χ1n) is 10.8. The number of hydrogen-bond acceptors (Lipinski definition) is 5. The second-order valence-corrected chi connectivity index (χ2v) is 8.45. The fraction of sp³-hybridized carbons (Fsp3) is 0.200. The van der Waals surface area contributed by atoms with Crippen molar-refractivity contribution in [1.82, 2.24) is 25.0 Å². The highest BCUT2D eigenvalue weighted by molar-refractivity contribution is 6.07. The minimum absolute atomic E-state index is 0.0335. The molecule has 1 aliphatic rings. The molecule has 2 aromatic carbocycles. The van der Waals surface area contributed by atoms with E-state index in [2.05, 4.69) is 40.6 Å². The molecule has 2 radical (unpaired) electrons. The fourth-order valence-electron chi connectivity index (χ4n) is 4.09. The van der Waals surface area contributed by atoms with Gasteiger partial charge < -0.3 is 10.6 Å². The summed E-state index contributed by atoms with van der Waals surface area (Å²) < 4.78 is 1.23. The van der Waals surface area contributed by atoms with Crippen molar-refractivity contribution in [2.45, 2.75) is 33.7 Å². The Labute approximate surface area is 193 Å². The molecule has 1 unspecified atom stereocenters. The molecule has 5 rings (SSSR count). The first-order chi connectivity index (χ1) is 15.8. The molecule has 7 nitrogen and oxygen atoms in total. The van der Waals surface area contributed by atoms with Crippen LogP contribution in [-0.2, 0) is 0 Å². The number of anilines is 2. The number of fused-ring (bicyclic) bond motifs is 1. The Bertz CT molecular complexity index is 1410. The van der Waals surface area contributed by atoms with Crippen LogP contribution >= 0.6 is 0 Å². The number of benzene rings is 2.